The Morgan fingerprint density at radius 3 is 2.35 bits per heavy atom. The molecular formula is C12H15N3O2. The zero-order valence-corrected chi connectivity index (χ0v) is 9.64. The lowest BCUT2D eigenvalue weighted by Gasteiger charge is -2.06. The summed E-state index contributed by atoms with van der Waals surface area (Å²) >= 11 is 0. The highest BCUT2D eigenvalue weighted by molar-refractivity contribution is 5.32. The van der Waals surface area contributed by atoms with Crippen LogP contribution in [0.2, 0.25) is 0 Å². The molecule has 2 rings (SSSR count). The van der Waals surface area contributed by atoms with Crippen LogP contribution in [-0.4, -0.2) is 16.8 Å². The third-order valence-corrected chi connectivity index (χ3v) is 2.18. The Labute approximate surface area is 99.5 Å². The Morgan fingerprint density at radius 1 is 1.18 bits per heavy atom. The second-order valence-electron chi connectivity index (χ2n) is 3.51. The summed E-state index contributed by atoms with van der Waals surface area (Å²) in [6.45, 7) is 3.03. The number of hydrogen-bond donors (Lipinski definition) is 2. The van der Waals surface area contributed by atoms with Gasteiger partial charge in [0.15, 0.2) is 0 Å². The molecule has 0 fully saturated rings. The number of nitrogens with two attached hydrogens (primary N) is 1. The van der Waals surface area contributed by atoms with E-state index in [-0.39, 0.29) is 0 Å². The Morgan fingerprint density at radius 2 is 1.82 bits per heavy atom. The lowest BCUT2D eigenvalue weighted by atomic mass is 10.3. The molecular weight excluding hydrogens is 218 g/mol. The quantitative estimate of drug-likeness (QED) is 0.828. The lowest BCUT2D eigenvalue weighted by Crippen LogP contribution is -1.96. The second kappa shape index (κ2) is 5.25. The van der Waals surface area contributed by atoms with Crippen molar-refractivity contribution in [2.75, 3.05) is 12.3 Å². The van der Waals surface area contributed by atoms with Gasteiger partial charge in [-0.15, -0.1) is 0 Å². The molecule has 0 saturated heterocycles. The average molecular weight is 233 g/mol. The van der Waals surface area contributed by atoms with Gasteiger partial charge in [0.05, 0.1) is 12.3 Å². The lowest BCUT2D eigenvalue weighted by molar-refractivity contribution is 0.299. The molecule has 0 radical (unpaired) electrons. The largest absolute Gasteiger partial charge is 0.494 e. The standard InChI is InChI=1S/C12H15N3O2/c1-2-16-10-3-5-11(6-4-10)17-8-9-7-12(13)15-14-9/h3-7H,2,8H2,1H3,(H3,13,14,15). The fourth-order valence-electron chi connectivity index (χ4n) is 1.41. The number of nitrogens with one attached hydrogen (secondary N) is 1. The molecule has 0 amide bonds. The highest BCUT2D eigenvalue weighted by atomic mass is 16.5. The van der Waals surface area contributed by atoms with Gasteiger partial charge >= 0.3 is 0 Å². The second-order valence-corrected chi connectivity index (χ2v) is 3.51. The normalized spacial score (nSPS) is 10.2. The third kappa shape index (κ3) is 3.14. The van der Waals surface area contributed by atoms with Crippen molar-refractivity contribution in [2.45, 2.75) is 13.5 Å². The van der Waals surface area contributed by atoms with Crippen LogP contribution >= 0.6 is 0 Å². The number of anilines is 1. The van der Waals surface area contributed by atoms with Gasteiger partial charge in [0.1, 0.15) is 23.9 Å². The van der Waals surface area contributed by atoms with Crippen LogP contribution in [0.4, 0.5) is 5.82 Å². The molecule has 1 aromatic carbocycles. The van der Waals surface area contributed by atoms with E-state index < -0.39 is 0 Å². The van der Waals surface area contributed by atoms with Gasteiger partial charge in [-0.1, -0.05) is 0 Å². The van der Waals surface area contributed by atoms with Crippen molar-refractivity contribution >= 4 is 5.82 Å². The zero-order valence-electron chi connectivity index (χ0n) is 9.64. The molecule has 0 unspecified atom stereocenters. The molecule has 90 valence electrons. The molecule has 5 heteroatoms. The number of rotatable bonds is 5. The van der Waals surface area contributed by atoms with Crippen LogP contribution in [0, 0.1) is 0 Å². The van der Waals surface area contributed by atoms with Gasteiger partial charge in [0, 0.05) is 6.07 Å². The number of nitrogen functional groups attached to an aromatic ring is 1. The predicted molar refractivity (Wildman–Crippen MR) is 64.9 cm³/mol. The molecule has 3 N–H and O–H groups in total. The van der Waals surface area contributed by atoms with Gasteiger partial charge in [-0.2, -0.15) is 5.10 Å². The molecule has 1 aromatic heterocycles. The minimum atomic E-state index is 0.415. The van der Waals surface area contributed by atoms with Crippen molar-refractivity contribution in [2.24, 2.45) is 0 Å². The first-order valence-corrected chi connectivity index (χ1v) is 5.43. The Hall–Kier alpha value is -2.17. The minimum Gasteiger partial charge on any atom is -0.494 e. The fourth-order valence-corrected chi connectivity index (χ4v) is 1.41. The highest BCUT2D eigenvalue weighted by Crippen LogP contribution is 2.18. The first-order chi connectivity index (χ1) is 8.28. The molecule has 5 nitrogen and oxygen atoms in total. The topological polar surface area (TPSA) is 73.2 Å². The van der Waals surface area contributed by atoms with E-state index in [1.807, 2.05) is 31.2 Å². The van der Waals surface area contributed by atoms with Crippen molar-refractivity contribution in [1.29, 1.82) is 0 Å². The summed E-state index contributed by atoms with van der Waals surface area (Å²) in [6, 6.07) is 9.23. The Bertz CT molecular complexity index is 465. The summed E-state index contributed by atoms with van der Waals surface area (Å²) in [5, 5.41) is 6.60. The summed E-state index contributed by atoms with van der Waals surface area (Å²) < 4.78 is 10.9. The molecule has 0 saturated carbocycles. The van der Waals surface area contributed by atoms with Gasteiger partial charge in [-0.05, 0) is 31.2 Å². The van der Waals surface area contributed by atoms with E-state index in [0.717, 1.165) is 17.2 Å². The third-order valence-electron chi connectivity index (χ3n) is 2.18. The summed E-state index contributed by atoms with van der Waals surface area (Å²) in [6.07, 6.45) is 0. The van der Waals surface area contributed by atoms with Crippen LogP contribution in [0.3, 0.4) is 0 Å². The molecule has 2 aromatic rings. The molecule has 0 aliphatic carbocycles. The Balaban J connectivity index is 1.90. The van der Waals surface area contributed by atoms with Crippen molar-refractivity contribution in [1.82, 2.24) is 10.2 Å². The highest BCUT2D eigenvalue weighted by Gasteiger charge is 1.99. The van der Waals surface area contributed by atoms with Gasteiger partial charge in [0.25, 0.3) is 0 Å². The summed E-state index contributed by atoms with van der Waals surface area (Å²) in [4.78, 5) is 0. The van der Waals surface area contributed by atoms with E-state index in [2.05, 4.69) is 10.2 Å². The summed E-state index contributed by atoms with van der Waals surface area (Å²) in [5.74, 6) is 2.09. The number of H-pyrrole nitrogens is 1. The van der Waals surface area contributed by atoms with E-state index in [0.29, 0.717) is 19.0 Å². The van der Waals surface area contributed by atoms with Crippen LogP contribution in [0.25, 0.3) is 0 Å². The minimum absolute atomic E-state index is 0.415. The molecule has 17 heavy (non-hydrogen) atoms. The maximum Gasteiger partial charge on any atom is 0.145 e. The van der Waals surface area contributed by atoms with Crippen LogP contribution < -0.4 is 15.2 Å². The van der Waals surface area contributed by atoms with E-state index in [1.54, 1.807) is 6.07 Å². The molecule has 1 heterocycles. The Kier molecular flexibility index (Phi) is 3.49. The van der Waals surface area contributed by atoms with E-state index >= 15 is 0 Å². The van der Waals surface area contributed by atoms with E-state index in [9.17, 15) is 0 Å². The van der Waals surface area contributed by atoms with E-state index in [4.69, 9.17) is 15.2 Å². The van der Waals surface area contributed by atoms with Gasteiger partial charge in [-0.3, -0.25) is 5.10 Å². The molecule has 0 atom stereocenters. The smallest absolute Gasteiger partial charge is 0.145 e. The summed E-state index contributed by atoms with van der Waals surface area (Å²) in [5.41, 5.74) is 6.33. The molecule has 0 aliphatic rings. The fraction of sp³-hybridized carbons (Fsp3) is 0.250. The summed E-state index contributed by atoms with van der Waals surface area (Å²) in [7, 11) is 0. The van der Waals surface area contributed by atoms with Crippen molar-refractivity contribution < 1.29 is 9.47 Å². The zero-order chi connectivity index (χ0) is 12.1. The van der Waals surface area contributed by atoms with Gasteiger partial charge < -0.3 is 15.2 Å². The van der Waals surface area contributed by atoms with Crippen molar-refractivity contribution in [3.63, 3.8) is 0 Å². The number of aromatic nitrogens is 2. The first-order valence-electron chi connectivity index (χ1n) is 5.43. The maximum absolute atomic E-state index is 5.56. The van der Waals surface area contributed by atoms with Crippen LogP contribution in [0.15, 0.2) is 30.3 Å². The van der Waals surface area contributed by atoms with Crippen LogP contribution in [0.1, 0.15) is 12.6 Å². The number of ether oxygens (including phenoxy) is 2. The maximum atomic E-state index is 5.56. The first kappa shape index (κ1) is 11.3. The SMILES string of the molecule is CCOc1ccc(OCc2cc(N)n[nH]2)cc1. The van der Waals surface area contributed by atoms with Crippen LogP contribution in [0.5, 0.6) is 11.5 Å². The molecule has 0 aliphatic heterocycles. The molecule has 0 bridgehead atoms. The predicted octanol–water partition coefficient (Wildman–Crippen LogP) is 1.97. The molecule has 0 spiro atoms. The van der Waals surface area contributed by atoms with Gasteiger partial charge in [-0.25, -0.2) is 0 Å². The number of hydrogen-bond acceptors (Lipinski definition) is 4. The van der Waals surface area contributed by atoms with Gasteiger partial charge in [0.2, 0.25) is 0 Å². The van der Waals surface area contributed by atoms with Crippen molar-refractivity contribution in [3.8, 4) is 11.5 Å². The number of benzene rings is 1. The number of nitrogens with zero attached hydrogens (tertiary/aromatic N) is 1. The number of aromatic amines is 1. The van der Waals surface area contributed by atoms with Crippen molar-refractivity contribution in [3.05, 3.63) is 36.0 Å². The van der Waals surface area contributed by atoms with Crippen LogP contribution in [-0.2, 0) is 6.61 Å². The van der Waals surface area contributed by atoms with E-state index in [1.165, 1.54) is 0 Å². The monoisotopic (exact) mass is 233 g/mol. The average Bonchev–Trinajstić information content (AvgIpc) is 2.75.